The Morgan fingerprint density at radius 3 is 2.40 bits per heavy atom. The Morgan fingerprint density at radius 1 is 1.24 bits per heavy atom. The van der Waals surface area contributed by atoms with Crippen molar-refractivity contribution in [2.24, 2.45) is 0 Å². The molecule has 0 radical (unpaired) electrons. The molecule has 25 heavy (non-hydrogen) atoms. The van der Waals surface area contributed by atoms with Gasteiger partial charge in [-0.25, -0.2) is 4.79 Å². The lowest BCUT2D eigenvalue weighted by Crippen LogP contribution is -2.59. The summed E-state index contributed by atoms with van der Waals surface area (Å²) in [6.07, 6.45) is 4.92. The van der Waals surface area contributed by atoms with Crippen LogP contribution in [0.3, 0.4) is 0 Å². The van der Waals surface area contributed by atoms with E-state index in [1.54, 1.807) is 6.07 Å². The van der Waals surface area contributed by atoms with Gasteiger partial charge in [-0.1, -0.05) is 11.6 Å². The van der Waals surface area contributed by atoms with Gasteiger partial charge in [0.25, 0.3) is 0 Å². The molecule has 2 aliphatic rings. The van der Waals surface area contributed by atoms with Gasteiger partial charge in [0.2, 0.25) is 0 Å². The van der Waals surface area contributed by atoms with Crippen LogP contribution in [0.1, 0.15) is 52.9 Å². The number of anilines is 1. The maximum atomic E-state index is 12.7. The SMILES string of the molecule is CN(c1ccc(Cl)nn1)C1C[C@H]2CCC[C@@H](C1)N2C(=O)OC(C)(C)C. The van der Waals surface area contributed by atoms with Crippen LogP contribution in [-0.2, 0) is 4.74 Å². The molecule has 0 N–H and O–H groups in total. The summed E-state index contributed by atoms with van der Waals surface area (Å²) >= 11 is 5.84. The molecule has 2 bridgehead atoms. The number of halogens is 1. The van der Waals surface area contributed by atoms with Gasteiger partial charge in [-0.3, -0.25) is 0 Å². The summed E-state index contributed by atoms with van der Waals surface area (Å²) in [5.41, 5.74) is -0.460. The van der Waals surface area contributed by atoms with E-state index in [9.17, 15) is 4.79 Å². The number of nitrogens with zero attached hydrogens (tertiary/aromatic N) is 4. The molecule has 1 aromatic heterocycles. The summed E-state index contributed by atoms with van der Waals surface area (Å²) in [6, 6.07) is 4.46. The van der Waals surface area contributed by atoms with Crippen LogP contribution in [0.15, 0.2) is 12.1 Å². The Balaban J connectivity index is 1.72. The number of carbonyl (C=O) groups excluding carboxylic acids is 1. The predicted molar refractivity (Wildman–Crippen MR) is 98.0 cm³/mol. The first-order valence-corrected chi connectivity index (χ1v) is 9.36. The number of hydrogen-bond acceptors (Lipinski definition) is 5. The van der Waals surface area contributed by atoms with Crippen molar-refractivity contribution in [3.8, 4) is 0 Å². The molecule has 2 fully saturated rings. The minimum atomic E-state index is -0.460. The average molecular weight is 367 g/mol. The van der Waals surface area contributed by atoms with Gasteiger partial charge >= 0.3 is 6.09 Å². The van der Waals surface area contributed by atoms with Crippen molar-refractivity contribution in [3.05, 3.63) is 17.3 Å². The largest absolute Gasteiger partial charge is 0.444 e. The van der Waals surface area contributed by atoms with Crippen molar-refractivity contribution in [1.29, 1.82) is 0 Å². The lowest BCUT2D eigenvalue weighted by atomic mass is 9.81. The second-order valence-electron chi connectivity index (χ2n) is 8.08. The van der Waals surface area contributed by atoms with Crippen LogP contribution in [0.4, 0.5) is 10.6 Å². The zero-order valence-corrected chi connectivity index (χ0v) is 16.2. The van der Waals surface area contributed by atoms with Crippen molar-refractivity contribution in [1.82, 2.24) is 15.1 Å². The van der Waals surface area contributed by atoms with E-state index >= 15 is 0 Å². The third-order valence-corrected chi connectivity index (χ3v) is 5.28. The highest BCUT2D eigenvalue weighted by atomic mass is 35.5. The van der Waals surface area contributed by atoms with Gasteiger partial charge in [0.05, 0.1) is 0 Å². The Labute approximate surface area is 154 Å². The second-order valence-corrected chi connectivity index (χ2v) is 8.46. The predicted octanol–water partition coefficient (Wildman–Crippen LogP) is 3.89. The Kier molecular flexibility index (Phi) is 5.09. The van der Waals surface area contributed by atoms with Crippen LogP contribution in [0.25, 0.3) is 0 Å². The minimum absolute atomic E-state index is 0.172. The van der Waals surface area contributed by atoms with Crippen LogP contribution in [0.5, 0.6) is 0 Å². The van der Waals surface area contributed by atoms with Gasteiger partial charge in [-0.15, -0.1) is 10.2 Å². The van der Waals surface area contributed by atoms with Gasteiger partial charge in [-0.05, 0) is 65.0 Å². The van der Waals surface area contributed by atoms with Gasteiger partial charge in [0.15, 0.2) is 11.0 Å². The molecule has 2 aliphatic heterocycles. The van der Waals surface area contributed by atoms with Crippen molar-refractivity contribution in [2.45, 2.75) is 76.6 Å². The van der Waals surface area contributed by atoms with E-state index < -0.39 is 5.60 Å². The standard InChI is InChI=1S/C18H27ClN4O2/c1-18(2,3)25-17(24)23-12-6-5-7-13(23)11-14(10-12)22(4)16-9-8-15(19)20-21-16/h8-9,12-14H,5-7,10-11H2,1-4H3/t12-,13+,14?. The van der Waals surface area contributed by atoms with Crippen molar-refractivity contribution in [2.75, 3.05) is 11.9 Å². The van der Waals surface area contributed by atoms with Crippen LogP contribution in [-0.4, -0.2) is 52.0 Å². The molecular weight excluding hydrogens is 340 g/mol. The zero-order chi connectivity index (χ0) is 18.2. The first-order chi connectivity index (χ1) is 11.7. The zero-order valence-electron chi connectivity index (χ0n) is 15.4. The molecule has 138 valence electrons. The van der Waals surface area contributed by atoms with Crippen LogP contribution in [0.2, 0.25) is 5.15 Å². The molecule has 1 amide bonds. The van der Waals surface area contributed by atoms with E-state index in [1.807, 2.05) is 38.8 Å². The first kappa shape index (κ1) is 18.2. The first-order valence-electron chi connectivity index (χ1n) is 8.98. The highest BCUT2D eigenvalue weighted by Crippen LogP contribution is 2.37. The molecule has 1 unspecified atom stereocenters. The van der Waals surface area contributed by atoms with E-state index in [0.717, 1.165) is 31.5 Å². The highest BCUT2D eigenvalue weighted by molar-refractivity contribution is 6.29. The van der Waals surface area contributed by atoms with Crippen molar-refractivity contribution < 1.29 is 9.53 Å². The maximum absolute atomic E-state index is 12.7. The smallest absolute Gasteiger partial charge is 0.410 e. The normalized spacial score (nSPS) is 26.3. The third-order valence-electron chi connectivity index (χ3n) is 5.08. The molecule has 7 heteroatoms. The van der Waals surface area contributed by atoms with E-state index in [2.05, 4.69) is 15.1 Å². The second kappa shape index (κ2) is 6.98. The number of aromatic nitrogens is 2. The summed E-state index contributed by atoms with van der Waals surface area (Å²) in [5.74, 6) is 0.818. The van der Waals surface area contributed by atoms with Crippen molar-refractivity contribution in [3.63, 3.8) is 0 Å². The number of carbonyl (C=O) groups is 1. The molecule has 0 aromatic carbocycles. The number of ether oxygens (including phenoxy) is 1. The summed E-state index contributed by atoms with van der Waals surface area (Å²) in [5, 5.41) is 8.53. The van der Waals surface area contributed by atoms with E-state index in [1.165, 1.54) is 6.42 Å². The third kappa shape index (κ3) is 4.17. The Morgan fingerprint density at radius 2 is 1.88 bits per heavy atom. The molecule has 1 aromatic rings. The average Bonchev–Trinajstić information content (AvgIpc) is 2.52. The number of fused-ring (bicyclic) bond motifs is 2. The lowest BCUT2D eigenvalue weighted by Gasteiger charge is -2.50. The molecule has 6 nitrogen and oxygen atoms in total. The molecule has 2 saturated heterocycles. The molecule has 0 spiro atoms. The van der Waals surface area contributed by atoms with E-state index in [0.29, 0.717) is 11.2 Å². The molecule has 0 saturated carbocycles. The van der Waals surface area contributed by atoms with Crippen LogP contribution >= 0.6 is 11.6 Å². The quantitative estimate of drug-likeness (QED) is 0.794. The number of rotatable bonds is 2. The summed E-state index contributed by atoms with van der Waals surface area (Å²) in [6.45, 7) is 5.75. The monoisotopic (exact) mass is 366 g/mol. The van der Waals surface area contributed by atoms with Gasteiger partial charge < -0.3 is 14.5 Å². The summed E-state index contributed by atoms with van der Waals surface area (Å²) < 4.78 is 5.64. The van der Waals surface area contributed by atoms with E-state index in [4.69, 9.17) is 16.3 Å². The van der Waals surface area contributed by atoms with Gasteiger partial charge in [-0.2, -0.15) is 0 Å². The van der Waals surface area contributed by atoms with Crippen LogP contribution in [0, 0.1) is 0 Å². The molecule has 3 rings (SSSR count). The van der Waals surface area contributed by atoms with Crippen LogP contribution < -0.4 is 4.90 Å². The van der Waals surface area contributed by atoms with Gasteiger partial charge in [0.1, 0.15) is 5.60 Å². The minimum Gasteiger partial charge on any atom is -0.444 e. The van der Waals surface area contributed by atoms with Gasteiger partial charge in [0, 0.05) is 25.2 Å². The highest BCUT2D eigenvalue weighted by Gasteiger charge is 2.43. The molecular formula is C18H27ClN4O2. The number of amides is 1. The fourth-order valence-electron chi connectivity index (χ4n) is 3.97. The Hall–Kier alpha value is -1.56. The van der Waals surface area contributed by atoms with Crippen molar-refractivity contribution >= 4 is 23.5 Å². The molecule has 3 atom stereocenters. The maximum Gasteiger partial charge on any atom is 0.410 e. The number of piperidine rings is 2. The summed E-state index contributed by atoms with van der Waals surface area (Å²) in [4.78, 5) is 16.8. The summed E-state index contributed by atoms with van der Waals surface area (Å²) in [7, 11) is 2.04. The Bertz CT molecular complexity index is 602. The topological polar surface area (TPSA) is 58.6 Å². The fourth-order valence-corrected chi connectivity index (χ4v) is 4.07. The fraction of sp³-hybridized carbons (Fsp3) is 0.722. The lowest BCUT2D eigenvalue weighted by molar-refractivity contribution is -0.0213. The molecule has 0 aliphatic carbocycles. The molecule has 3 heterocycles. The number of hydrogen-bond donors (Lipinski definition) is 0. The van der Waals surface area contributed by atoms with E-state index in [-0.39, 0.29) is 18.2 Å².